The summed E-state index contributed by atoms with van der Waals surface area (Å²) in [6.07, 6.45) is -5.06. The molecule has 0 saturated heterocycles. The van der Waals surface area contributed by atoms with Crippen LogP contribution in [0.4, 0.5) is 17.6 Å². The van der Waals surface area contributed by atoms with Gasteiger partial charge in [-0.2, -0.15) is 5.26 Å². The molecule has 4 nitrogen and oxygen atoms in total. The molecule has 0 N–H and O–H groups in total. The van der Waals surface area contributed by atoms with E-state index in [4.69, 9.17) is 5.26 Å². The standard InChI is InChI=1S/C10H5F4NO3/c1-17-9(16)6-3-8(18-10(12,13)14)5(4-15)2-7(6)11/h2-3H,1H3. The zero-order chi connectivity index (χ0) is 13.9. The Kier molecular flexibility index (Phi) is 3.76. The fraction of sp³-hybridized carbons (Fsp3) is 0.200. The summed E-state index contributed by atoms with van der Waals surface area (Å²) in [6.45, 7) is 0. The highest BCUT2D eigenvalue weighted by atomic mass is 19.4. The highest BCUT2D eigenvalue weighted by molar-refractivity contribution is 5.90. The zero-order valence-corrected chi connectivity index (χ0v) is 8.84. The maximum absolute atomic E-state index is 13.3. The molecule has 1 rings (SSSR count). The molecule has 0 amide bonds. The third-order valence-electron chi connectivity index (χ3n) is 1.82. The molecule has 0 aliphatic heterocycles. The average molecular weight is 263 g/mol. The van der Waals surface area contributed by atoms with E-state index in [1.54, 1.807) is 0 Å². The Bertz CT molecular complexity index is 519. The molecule has 0 atom stereocenters. The van der Waals surface area contributed by atoms with E-state index in [1.807, 2.05) is 0 Å². The lowest BCUT2D eigenvalue weighted by molar-refractivity contribution is -0.274. The summed E-state index contributed by atoms with van der Waals surface area (Å²) in [5.41, 5.74) is -1.44. The van der Waals surface area contributed by atoms with Crippen LogP contribution >= 0.6 is 0 Å². The number of methoxy groups -OCH3 is 1. The van der Waals surface area contributed by atoms with Crippen LogP contribution in [0.25, 0.3) is 0 Å². The van der Waals surface area contributed by atoms with Gasteiger partial charge in [0.15, 0.2) is 0 Å². The van der Waals surface area contributed by atoms with Crippen LogP contribution in [0.1, 0.15) is 15.9 Å². The largest absolute Gasteiger partial charge is 0.573 e. The lowest BCUT2D eigenvalue weighted by Gasteiger charge is -2.11. The molecular formula is C10H5F4NO3. The minimum Gasteiger partial charge on any atom is -0.465 e. The quantitative estimate of drug-likeness (QED) is 0.607. The van der Waals surface area contributed by atoms with Gasteiger partial charge in [-0.15, -0.1) is 13.2 Å². The number of hydrogen-bond acceptors (Lipinski definition) is 4. The molecule has 0 fully saturated rings. The van der Waals surface area contributed by atoms with E-state index in [1.165, 1.54) is 6.07 Å². The Labute approximate surface area is 98.3 Å². The molecule has 0 spiro atoms. The number of esters is 1. The van der Waals surface area contributed by atoms with Crippen molar-refractivity contribution in [1.29, 1.82) is 5.26 Å². The second kappa shape index (κ2) is 4.91. The number of nitriles is 1. The van der Waals surface area contributed by atoms with Crippen molar-refractivity contribution in [3.63, 3.8) is 0 Å². The van der Waals surface area contributed by atoms with Crippen LogP contribution in [0.5, 0.6) is 5.75 Å². The Hall–Kier alpha value is -2.30. The van der Waals surface area contributed by atoms with Crippen LogP contribution in [0, 0.1) is 17.1 Å². The first kappa shape index (κ1) is 13.8. The van der Waals surface area contributed by atoms with Crippen LogP contribution in [0.15, 0.2) is 12.1 Å². The number of benzene rings is 1. The smallest absolute Gasteiger partial charge is 0.465 e. The summed E-state index contributed by atoms with van der Waals surface area (Å²) in [4.78, 5) is 11.1. The van der Waals surface area contributed by atoms with Crippen molar-refractivity contribution in [2.75, 3.05) is 7.11 Å². The molecule has 0 bridgehead atoms. The van der Waals surface area contributed by atoms with Gasteiger partial charge >= 0.3 is 12.3 Å². The topological polar surface area (TPSA) is 59.3 Å². The highest BCUT2D eigenvalue weighted by Crippen LogP contribution is 2.28. The number of rotatable bonds is 2. The Morgan fingerprint density at radius 1 is 1.39 bits per heavy atom. The third-order valence-corrected chi connectivity index (χ3v) is 1.82. The summed E-state index contributed by atoms with van der Waals surface area (Å²) in [7, 11) is 0.935. The van der Waals surface area contributed by atoms with Gasteiger partial charge in [0.05, 0.1) is 18.2 Å². The normalized spacial score (nSPS) is 10.7. The first-order valence-corrected chi connectivity index (χ1v) is 4.36. The summed E-state index contributed by atoms with van der Waals surface area (Å²) >= 11 is 0. The maximum Gasteiger partial charge on any atom is 0.573 e. The molecule has 96 valence electrons. The first-order chi connectivity index (χ1) is 8.28. The van der Waals surface area contributed by atoms with Crippen LogP contribution in [0.2, 0.25) is 0 Å². The van der Waals surface area contributed by atoms with Gasteiger partial charge in [0.25, 0.3) is 0 Å². The van der Waals surface area contributed by atoms with E-state index < -0.39 is 35.0 Å². The van der Waals surface area contributed by atoms with Crippen LogP contribution in [0.3, 0.4) is 0 Å². The molecule has 1 aromatic rings. The van der Waals surface area contributed by atoms with E-state index in [-0.39, 0.29) is 0 Å². The number of halogens is 4. The van der Waals surface area contributed by atoms with E-state index in [9.17, 15) is 22.4 Å². The number of carbonyl (C=O) groups excluding carboxylic acids is 1. The molecule has 1 aromatic carbocycles. The van der Waals surface area contributed by atoms with Crippen molar-refractivity contribution in [2.24, 2.45) is 0 Å². The molecule has 0 heterocycles. The monoisotopic (exact) mass is 263 g/mol. The SMILES string of the molecule is COC(=O)c1cc(OC(F)(F)F)c(C#N)cc1F. The Balaban J connectivity index is 3.32. The van der Waals surface area contributed by atoms with Crippen molar-refractivity contribution in [1.82, 2.24) is 0 Å². The number of alkyl halides is 3. The van der Waals surface area contributed by atoms with E-state index in [2.05, 4.69) is 9.47 Å². The number of nitrogens with zero attached hydrogens (tertiary/aromatic N) is 1. The summed E-state index contributed by atoms with van der Waals surface area (Å²) in [6, 6.07) is 2.26. The Morgan fingerprint density at radius 2 is 2.00 bits per heavy atom. The van der Waals surface area contributed by atoms with Crippen molar-refractivity contribution < 1.29 is 31.8 Å². The molecule has 0 radical (unpaired) electrons. The minimum absolute atomic E-state index is 0.465. The first-order valence-electron chi connectivity index (χ1n) is 4.36. The predicted octanol–water partition coefficient (Wildman–Crippen LogP) is 2.38. The van der Waals surface area contributed by atoms with Crippen LogP contribution in [-0.4, -0.2) is 19.4 Å². The fourth-order valence-electron chi connectivity index (χ4n) is 1.12. The molecule has 0 unspecified atom stereocenters. The number of ether oxygens (including phenoxy) is 2. The van der Waals surface area contributed by atoms with E-state index in [0.29, 0.717) is 12.1 Å². The fourth-order valence-corrected chi connectivity index (χ4v) is 1.12. The van der Waals surface area contributed by atoms with Crippen molar-refractivity contribution in [2.45, 2.75) is 6.36 Å². The molecule has 8 heteroatoms. The van der Waals surface area contributed by atoms with Gasteiger partial charge in [0, 0.05) is 0 Å². The van der Waals surface area contributed by atoms with Crippen molar-refractivity contribution >= 4 is 5.97 Å². The van der Waals surface area contributed by atoms with Crippen molar-refractivity contribution in [3.8, 4) is 11.8 Å². The maximum atomic E-state index is 13.3. The average Bonchev–Trinajstić information content (AvgIpc) is 2.28. The lowest BCUT2D eigenvalue weighted by atomic mass is 10.1. The summed E-state index contributed by atoms with van der Waals surface area (Å²) in [5.74, 6) is -3.32. The van der Waals surface area contributed by atoms with Crippen molar-refractivity contribution in [3.05, 3.63) is 29.1 Å². The summed E-state index contributed by atoms with van der Waals surface area (Å²) < 4.78 is 57.1. The van der Waals surface area contributed by atoms with Crippen LogP contribution < -0.4 is 4.74 Å². The van der Waals surface area contributed by atoms with Gasteiger partial charge in [-0.05, 0) is 12.1 Å². The highest BCUT2D eigenvalue weighted by Gasteiger charge is 2.33. The molecule has 0 aromatic heterocycles. The number of hydrogen-bond donors (Lipinski definition) is 0. The molecular weight excluding hydrogens is 258 g/mol. The minimum atomic E-state index is -5.06. The van der Waals surface area contributed by atoms with Gasteiger partial charge < -0.3 is 9.47 Å². The van der Waals surface area contributed by atoms with Crippen LogP contribution in [-0.2, 0) is 4.74 Å². The molecule has 0 aliphatic carbocycles. The van der Waals surface area contributed by atoms with Gasteiger partial charge in [0.1, 0.15) is 17.6 Å². The Morgan fingerprint density at radius 3 is 2.44 bits per heavy atom. The molecule has 0 aliphatic rings. The van der Waals surface area contributed by atoms with Gasteiger partial charge in [-0.3, -0.25) is 0 Å². The summed E-state index contributed by atoms with van der Waals surface area (Å²) in [5, 5.41) is 8.55. The second-order valence-electron chi connectivity index (χ2n) is 2.98. The third kappa shape index (κ3) is 3.10. The lowest BCUT2D eigenvalue weighted by Crippen LogP contribution is -2.18. The zero-order valence-electron chi connectivity index (χ0n) is 8.84. The number of carbonyl (C=O) groups is 1. The molecule has 18 heavy (non-hydrogen) atoms. The van der Waals surface area contributed by atoms with Gasteiger partial charge in [-0.25, -0.2) is 9.18 Å². The van der Waals surface area contributed by atoms with E-state index in [0.717, 1.165) is 7.11 Å². The van der Waals surface area contributed by atoms with Gasteiger partial charge in [0.2, 0.25) is 0 Å². The predicted molar refractivity (Wildman–Crippen MR) is 49.1 cm³/mol. The second-order valence-corrected chi connectivity index (χ2v) is 2.98. The van der Waals surface area contributed by atoms with Gasteiger partial charge in [-0.1, -0.05) is 0 Å². The van der Waals surface area contributed by atoms with E-state index >= 15 is 0 Å². The molecule has 0 saturated carbocycles.